The van der Waals surface area contributed by atoms with E-state index in [1.165, 1.54) is 28.4 Å². The van der Waals surface area contributed by atoms with Crippen LogP contribution in [0.5, 0.6) is 5.75 Å². The number of hydrogen-bond acceptors (Lipinski definition) is 8. The standard InChI is InChI=1S/C32H32BFN2O6S/c1-41-18-21-15-23-30(32(39)36(31(23)38)17-22-5-4-12-43-22)24-16-33(40)42-28(29(21)24)10-8-20(26-6-2-3-11-35-26)13-19-7-9-27(37)25(34)14-19/h2-7,9,11-14,23-24,28,30,37,40H,8,10,15-18H2,1H3/b20-13-/t23-,24+,28-,30-/m1/s1. The fraction of sp³-hybridized carbons (Fsp3) is 0.344. The summed E-state index contributed by atoms with van der Waals surface area (Å²) < 4.78 is 25.8. The van der Waals surface area contributed by atoms with Gasteiger partial charge in [-0.15, -0.1) is 11.3 Å². The van der Waals surface area contributed by atoms with E-state index in [1.54, 1.807) is 19.4 Å². The molecule has 2 aromatic heterocycles. The van der Waals surface area contributed by atoms with Crippen LogP contribution in [0.4, 0.5) is 4.39 Å². The molecule has 3 aliphatic rings. The van der Waals surface area contributed by atoms with Gasteiger partial charge in [-0.1, -0.05) is 18.2 Å². The number of pyridine rings is 1. The molecule has 11 heteroatoms. The average Bonchev–Trinajstić information content (AvgIpc) is 3.60. The van der Waals surface area contributed by atoms with E-state index in [2.05, 4.69) is 4.98 Å². The molecule has 6 rings (SSSR count). The minimum atomic E-state index is -1.09. The van der Waals surface area contributed by atoms with Gasteiger partial charge in [-0.2, -0.15) is 0 Å². The van der Waals surface area contributed by atoms with E-state index in [0.717, 1.165) is 21.6 Å². The Balaban J connectivity index is 1.31. The Morgan fingerprint density at radius 3 is 2.79 bits per heavy atom. The predicted molar refractivity (Wildman–Crippen MR) is 161 cm³/mol. The van der Waals surface area contributed by atoms with Gasteiger partial charge in [0.25, 0.3) is 0 Å². The summed E-state index contributed by atoms with van der Waals surface area (Å²) in [6.07, 6.45) is 4.55. The number of carbonyl (C=O) groups is 2. The van der Waals surface area contributed by atoms with E-state index < -0.39 is 36.6 Å². The number of imide groups is 1. The number of aromatic hydroxyl groups is 1. The Morgan fingerprint density at radius 1 is 1.21 bits per heavy atom. The highest BCUT2D eigenvalue weighted by Crippen LogP contribution is 2.51. The minimum Gasteiger partial charge on any atom is -0.505 e. The predicted octanol–water partition coefficient (Wildman–Crippen LogP) is 4.95. The Hall–Kier alpha value is -3.64. The molecule has 1 aliphatic carbocycles. The van der Waals surface area contributed by atoms with E-state index in [1.807, 2.05) is 41.8 Å². The maximum Gasteiger partial charge on any atom is 0.455 e. The maximum absolute atomic E-state index is 14.1. The molecule has 2 amide bonds. The first-order valence-electron chi connectivity index (χ1n) is 14.4. The molecular weight excluding hydrogens is 570 g/mol. The van der Waals surface area contributed by atoms with E-state index >= 15 is 0 Å². The number of hydrogen-bond donors (Lipinski definition) is 2. The fourth-order valence-electron chi connectivity index (χ4n) is 6.78. The third-order valence-corrected chi connectivity index (χ3v) is 9.46. The zero-order valence-electron chi connectivity index (χ0n) is 23.7. The summed E-state index contributed by atoms with van der Waals surface area (Å²) in [5.74, 6) is -2.91. The lowest BCUT2D eigenvalue weighted by Gasteiger charge is -2.43. The smallest absolute Gasteiger partial charge is 0.455 e. The zero-order valence-corrected chi connectivity index (χ0v) is 24.5. The summed E-state index contributed by atoms with van der Waals surface area (Å²) in [6.45, 7) is 0.551. The number of ether oxygens (including phenoxy) is 1. The molecule has 4 heterocycles. The van der Waals surface area contributed by atoms with Crippen molar-refractivity contribution in [3.05, 3.63) is 93.2 Å². The second-order valence-corrected chi connectivity index (χ2v) is 12.3. The van der Waals surface area contributed by atoms with Crippen LogP contribution in [0.25, 0.3) is 11.6 Å². The molecule has 43 heavy (non-hydrogen) atoms. The quantitative estimate of drug-likeness (QED) is 0.203. The van der Waals surface area contributed by atoms with E-state index in [-0.39, 0.29) is 30.6 Å². The van der Waals surface area contributed by atoms with Crippen molar-refractivity contribution in [3.63, 3.8) is 0 Å². The molecule has 0 bridgehead atoms. The van der Waals surface area contributed by atoms with Gasteiger partial charge in [0.2, 0.25) is 11.8 Å². The van der Waals surface area contributed by atoms with Gasteiger partial charge in [0.15, 0.2) is 11.6 Å². The number of aromatic nitrogens is 1. The summed E-state index contributed by atoms with van der Waals surface area (Å²) in [5, 5.41) is 22.4. The highest BCUT2D eigenvalue weighted by molar-refractivity contribution is 7.09. The van der Waals surface area contributed by atoms with Crippen LogP contribution in [0.2, 0.25) is 6.32 Å². The van der Waals surface area contributed by atoms with E-state index in [9.17, 15) is 24.1 Å². The third kappa shape index (κ3) is 5.95. The third-order valence-electron chi connectivity index (χ3n) is 8.59. The van der Waals surface area contributed by atoms with E-state index in [0.29, 0.717) is 37.1 Å². The number of phenolic OH excluding ortho intramolecular Hbond substituents is 1. The molecule has 2 saturated heterocycles. The first-order valence-corrected chi connectivity index (χ1v) is 15.2. The van der Waals surface area contributed by atoms with Crippen molar-refractivity contribution in [1.82, 2.24) is 9.88 Å². The molecule has 8 nitrogen and oxygen atoms in total. The van der Waals surface area contributed by atoms with Crippen LogP contribution in [0.1, 0.15) is 35.4 Å². The molecule has 0 unspecified atom stereocenters. The Bertz CT molecular complexity index is 1560. The zero-order chi connectivity index (χ0) is 30.1. The second-order valence-electron chi connectivity index (χ2n) is 11.2. The molecule has 222 valence electrons. The van der Waals surface area contributed by atoms with Crippen molar-refractivity contribution in [3.8, 4) is 5.75 Å². The SMILES string of the molecule is COCC1=C2[C@@H](CC/C(=C/c3ccc(O)c(F)c3)c3ccccn3)OB(O)C[C@@H]2[C@@H]2C(=O)N(Cc3cccs3)C(=O)[C@@H]2C1. The molecule has 0 saturated carbocycles. The highest BCUT2D eigenvalue weighted by Gasteiger charge is 2.57. The first kappa shape index (κ1) is 29.4. The molecule has 2 aliphatic heterocycles. The molecule has 0 radical (unpaired) electrons. The van der Waals surface area contributed by atoms with Crippen LogP contribution in [-0.2, 0) is 25.5 Å². The van der Waals surface area contributed by atoms with Crippen LogP contribution in [0.15, 0.2) is 71.3 Å². The van der Waals surface area contributed by atoms with Crippen LogP contribution in [-0.4, -0.2) is 58.8 Å². The number of likely N-dealkylation sites (tertiary alicyclic amines) is 1. The van der Waals surface area contributed by atoms with Crippen molar-refractivity contribution >= 4 is 41.9 Å². The highest BCUT2D eigenvalue weighted by atomic mass is 32.1. The molecule has 0 spiro atoms. The fourth-order valence-corrected chi connectivity index (χ4v) is 7.47. The van der Waals surface area contributed by atoms with Gasteiger partial charge in [0, 0.05) is 18.2 Å². The topological polar surface area (TPSA) is 109 Å². The number of benzene rings is 1. The lowest BCUT2D eigenvalue weighted by molar-refractivity contribution is -0.140. The lowest BCUT2D eigenvalue weighted by Crippen LogP contribution is -2.46. The number of allylic oxidation sites excluding steroid dienone is 1. The van der Waals surface area contributed by atoms with Crippen molar-refractivity contribution < 1.29 is 33.5 Å². The normalized spacial score (nSPS) is 24.0. The molecule has 4 atom stereocenters. The Labute approximate surface area is 253 Å². The number of rotatable bonds is 9. The van der Waals surface area contributed by atoms with Gasteiger partial charge < -0.3 is 19.5 Å². The van der Waals surface area contributed by atoms with Gasteiger partial charge in [-0.25, -0.2) is 4.39 Å². The summed E-state index contributed by atoms with van der Waals surface area (Å²) in [7, 11) is 0.509. The summed E-state index contributed by atoms with van der Waals surface area (Å²) in [6, 6.07) is 13.6. The summed E-state index contributed by atoms with van der Waals surface area (Å²) in [4.78, 5) is 34.2. The van der Waals surface area contributed by atoms with Gasteiger partial charge >= 0.3 is 7.12 Å². The van der Waals surface area contributed by atoms with Crippen molar-refractivity contribution in [1.29, 1.82) is 0 Å². The van der Waals surface area contributed by atoms with Gasteiger partial charge in [-0.05, 0) is 95.6 Å². The number of methoxy groups -OCH3 is 1. The number of amides is 2. The Kier molecular flexibility index (Phi) is 8.58. The van der Waals surface area contributed by atoms with Crippen LogP contribution in [0, 0.1) is 23.6 Å². The van der Waals surface area contributed by atoms with E-state index in [4.69, 9.17) is 9.39 Å². The largest absolute Gasteiger partial charge is 0.505 e. The monoisotopic (exact) mass is 602 g/mol. The number of nitrogens with zero attached hydrogens (tertiary/aromatic N) is 2. The van der Waals surface area contributed by atoms with Gasteiger partial charge in [-0.3, -0.25) is 19.5 Å². The minimum absolute atomic E-state index is 0.171. The summed E-state index contributed by atoms with van der Waals surface area (Å²) >= 11 is 1.51. The van der Waals surface area contributed by atoms with Crippen LogP contribution >= 0.6 is 11.3 Å². The number of carbonyl (C=O) groups excluding carboxylic acids is 2. The molecule has 2 fully saturated rings. The summed E-state index contributed by atoms with van der Waals surface area (Å²) in [5.41, 5.74) is 3.97. The van der Waals surface area contributed by atoms with Crippen LogP contribution < -0.4 is 0 Å². The van der Waals surface area contributed by atoms with Gasteiger partial charge in [0.1, 0.15) is 0 Å². The molecule has 3 aromatic rings. The molecular formula is C32H32BFN2O6S. The average molecular weight is 602 g/mol. The van der Waals surface area contributed by atoms with Gasteiger partial charge in [0.05, 0.1) is 36.8 Å². The first-order chi connectivity index (χ1) is 20.8. The van der Waals surface area contributed by atoms with Crippen LogP contribution in [0.3, 0.4) is 0 Å². The second kappa shape index (κ2) is 12.5. The number of thiophene rings is 1. The molecule has 2 N–H and O–H groups in total. The number of phenols is 1. The lowest BCUT2D eigenvalue weighted by atomic mass is 9.58. The maximum atomic E-state index is 14.1. The van der Waals surface area contributed by atoms with Crippen molar-refractivity contribution in [2.75, 3.05) is 13.7 Å². The number of fused-ring (bicyclic) bond motifs is 3. The molecule has 1 aromatic carbocycles. The van der Waals surface area contributed by atoms with Crippen molar-refractivity contribution in [2.24, 2.45) is 17.8 Å². The van der Waals surface area contributed by atoms with Crippen molar-refractivity contribution in [2.45, 2.75) is 38.2 Å². The number of halogens is 1. The Morgan fingerprint density at radius 2 is 2.07 bits per heavy atom.